The van der Waals surface area contributed by atoms with Crippen molar-refractivity contribution >= 4 is 40.9 Å². The number of hydrogen-bond donors (Lipinski definition) is 0. The molecule has 0 aliphatic carbocycles. The van der Waals surface area contributed by atoms with E-state index in [0.29, 0.717) is 28.6 Å². The molecule has 0 saturated heterocycles. The number of ether oxygens (including phenoxy) is 2. The Morgan fingerprint density at radius 1 is 1.36 bits per heavy atom. The second-order valence-corrected chi connectivity index (χ2v) is 13.4. The fourth-order valence-corrected chi connectivity index (χ4v) is 3.67. The number of halogens is 1. The first-order chi connectivity index (χ1) is 11.7. The number of fused-ring (bicyclic) bond motifs is 1. The van der Waals surface area contributed by atoms with Gasteiger partial charge in [0, 0.05) is 25.4 Å². The number of carbonyl (C=O) groups excluding carboxylic acids is 1. The number of esters is 1. The van der Waals surface area contributed by atoms with Gasteiger partial charge in [-0.2, -0.15) is 5.10 Å². The molecule has 7 nitrogen and oxygen atoms in total. The first kappa shape index (κ1) is 19.9. The van der Waals surface area contributed by atoms with E-state index in [4.69, 9.17) is 9.47 Å². The highest BCUT2D eigenvalue weighted by molar-refractivity contribution is 9.10. The molecule has 0 fully saturated rings. The van der Waals surface area contributed by atoms with E-state index in [1.54, 1.807) is 23.9 Å². The van der Waals surface area contributed by atoms with Crippen molar-refractivity contribution in [1.29, 1.82) is 0 Å². The minimum atomic E-state index is -1.17. The van der Waals surface area contributed by atoms with Gasteiger partial charge >= 0.3 is 5.97 Å². The Morgan fingerprint density at radius 3 is 2.72 bits per heavy atom. The fourth-order valence-electron chi connectivity index (χ4n) is 2.29. The third kappa shape index (κ3) is 5.26. The lowest BCUT2D eigenvalue weighted by Gasteiger charge is -2.15. The van der Waals surface area contributed by atoms with Crippen LogP contribution < -0.4 is 5.56 Å². The van der Waals surface area contributed by atoms with E-state index < -0.39 is 8.07 Å². The van der Waals surface area contributed by atoms with Gasteiger partial charge in [0.2, 0.25) is 0 Å². The van der Waals surface area contributed by atoms with Crippen molar-refractivity contribution in [1.82, 2.24) is 14.3 Å². The Balaban J connectivity index is 2.18. The van der Waals surface area contributed by atoms with Gasteiger partial charge in [-0.15, -0.1) is 0 Å². The first-order valence-corrected chi connectivity index (χ1v) is 12.7. The zero-order valence-electron chi connectivity index (χ0n) is 15.0. The van der Waals surface area contributed by atoms with Crippen molar-refractivity contribution in [3.8, 4) is 0 Å². The van der Waals surface area contributed by atoms with Crippen LogP contribution in [-0.4, -0.2) is 41.6 Å². The lowest BCUT2D eigenvalue weighted by molar-refractivity contribution is -0.143. The normalized spacial score (nSPS) is 11.9. The van der Waals surface area contributed by atoms with Crippen LogP contribution in [0.25, 0.3) is 10.9 Å². The number of carbonyl (C=O) groups is 1. The summed E-state index contributed by atoms with van der Waals surface area (Å²) in [4.78, 5) is 24.3. The molecule has 0 radical (unpaired) electrons. The number of aromatic nitrogens is 3. The van der Waals surface area contributed by atoms with E-state index >= 15 is 0 Å². The molecule has 0 aliphatic heterocycles. The van der Waals surface area contributed by atoms with Gasteiger partial charge in [-0.05, 0) is 28.9 Å². The zero-order valence-corrected chi connectivity index (χ0v) is 17.6. The summed E-state index contributed by atoms with van der Waals surface area (Å²) in [6.45, 7) is 9.67. The molecule has 9 heteroatoms. The van der Waals surface area contributed by atoms with Crippen molar-refractivity contribution < 1.29 is 14.3 Å². The first-order valence-electron chi connectivity index (χ1n) is 8.21. The van der Waals surface area contributed by atoms with E-state index in [1.165, 1.54) is 4.68 Å². The summed E-state index contributed by atoms with van der Waals surface area (Å²) in [7, 11) is -1.17. The Labute approximate surface area is 156 Å². The van der Waals surface area contributed by atoms with E-state index in [-0.39, 0.29) is 24.8 Å². The highest BCUT2D eigenvalue weighted by Crippen LogP contribution is 2.22. The molecule has 0 N–H and O–H groups in total. The maximum atomic E-state index is 12.6. The zero-order chi connectivity index (χ0) is 18.6. The molecule has 138 valence electrons. The average Bonchev–Trinajstić information content (AvgIpc) is 2.81. The van der Waals surface area contributed by atoms with E-state index in [9.17, 15) is 9.59 Å². The van der Waals surface area contributed by atoms with Crippen LogP contribution in [0.5, 0.6) is 0 Å². The van der Waals surface area contributed by atoms with Gasteiger partial charge in [0.15, 0.2) is 0 Å². The number of hydrogen-bond acceptors (Lipinski definition) is 5. The highest BCUT2D eigenvalue weighted by Gasteiger charge is 2.16. The van der Waals surface area contributed by atoms with Gasteiger partial charge in [-0.25, -0.2) is 4.68 Å². The largest absolute Gasteiger partial charge is 0.465 e. The molecule has 0 saturated carbocycles. The van der Waals surface area contributed by atoms with Crippen LogP contribution in [0.3, 0.4) is 0 Å². The SMILES string of the molecule is CCOC(=O)Cn1cc(Br)c2c(=O)n(COCC[Si](C)(C)C)ncc21. The minimum absolute atomic E-state index is 0.0355. The summed E-state index contributed by atoms with van der Waals surface area (Å²) in [5.41, 5.74) is 0.336. The average molecular weight is 430 g/mol. The van der Waals surface area contributed by atoms with Gasteiger partial charge in [0.05, 0.1) is 23.7 Å². The van der Waals surface area contributed by atoms with Crippen molar-refractivity contribution in [2.45, 2.75) is 45.9 Å². The smallest absolute Gasteiger partial charge is 0.325 e. The predicted molar refractivity (Wildman–Crippen MR) is 102 cm³/mol. The summed E-state index contributed by atoms with van der Waals surface area (Å²) in [6.07, 6.45) is 3.27. The van der Waals surface area contributed by atoms with Crippen LogP contribution in [0.15, 0.2) is 21.7 Å². The Kier molecular flexibility index (Phi) is 6.58. The Morgan fingerprint density at radius 2 is 2.08 bits per heavy atom. The van der Waals surface area contributed by atoms with Crippen LogP contribution >= 0.6 is 15.9 Å². The van der Waals surface area contributed by atoms with E-state index in [0.717, 1.165) is 6.04 Å². The Hall–Kier alpha value is -1.45. The maximum absolute atomic E-state index is 12.6. The monoisotopic (exact) mass is 429 g/mol. The molecule has 0 bridgehead atoms. The third-order valence-corrected chi connectivity index (χ3v) is 5.96. The molecule has 0 spiro atoms. The van der Waals surface area contributed by atoms with Gasteiger partial charge in [0.1, 0.15) is 13.3 Å². The molecule has 2 aromatic rings. The van der Waals surface area contributed by atoms with Crippen LogP contribution in [0.4, 0.5) is 0 Å². The van der Waals surface area contributed by atoms with Crippen molar-refractivity contribution in [2.75, 3.05) is 13.2 Å². The maximum Gasteiger partial charge on any atom is 0.325 e. The molecule has 2 rings (SSSR count). The summed E-state index contributed by atoms with van der Waals surface area (Å²) in [5, 5.41) is 4.64. The van der Waals surface area contributed by atoms with Gasteiger partial charge in [-0.1, -0.05) is 19.6 Å². The second-order valence-electron chi connectivity index (χ2n) is 6.97. The second kappa shape index (κ2) is 8.28. The topological polar surface area (TPSA) is 75.3 Å². The van der Waals surface area contributed by atoms with Crippen molar-refractivity contribution in [3.05, 3.63) is 27.2 Å². The van der Waals surface area contributed by atoms with Crippen LogP contribution in [-0.2, 0) is 27.5 Å². The molecule has 25 heavy (non-hydrogen) atoms. The summed E-state index contributed by atoms with van der Waals surface area (Å²) in [6, 6.07) is 1.03. The number of nitrogens with zero attached hydrogens (tertiary/aromatic N) is 3. The van der Waals surface area contributed by atoms with Gasteiger partial charge in [0.25, 0.3) is 5.56 Å². The third-order valence-electron chi connectivity index (χ3n) is 3.66. The molecule has 0 unspecified atom stereocenters. The van der Waals surface area contributed by atoms with E-state index in [1.807, 2.05) is 0 Å². The molecule has 0 amide bonds. The quantitative estimate of drug-likeness (QED) is 0.366. The van der Waals surface area contributed by atoms with Crippen molar-refractivity contribution in [2.24, 2.45) is 0 Å². The summed E-state index contributed by atoms with van der Waals surface area (Å²) >= 11 is 3.39. The standard InChI is InChI=1S/C16H24BrN3O4Si/c1-5-24-14(21)10-19-9-12(17)15-13(19)8-18-20(16(15)22)11-23-6-7-25(2,3)4/h8-9H,5-7,10-11H2,1-4H3. The van der Waals surface area contributed by atoms with Gasteiger partial charge < -0.3 is 14.0 Å². The molecular weight excluding hydrogens is 406 g/mol. The number of rotatable bonds is 8. The van der Waals surface area contributed by atoms with Crippen LogP contribution in [0.1, 0.15) is 6.92 Å². The fraction of sp³-hybridized carbons (Fsp3) is 0.562. The lowest BCUT2D eigenvalue weighted by atomic mass is 10.3. The minimum Gasteiger partial charge on any atom is -0.465 e. The molecule has 2 aromatic heterocycles. The summed E-state index contributed by atoms with van der Waals surface area (Å²) in [5.74, 6) is -0.356. The van der Waals surface area contributed by atoms with Crippen LogP contribution in [0.2, 0.25) is 25.7 Å². The Bertz CT molecular complexity index is 810. The highest BCUT2D eigenvalue weighted by atomic mass is 79.9. The summed E-state index contributed by atoms with van der Waals surface area (Å²) < 4.78 is 14.1. The molecule has 0 atom stereocenters. The predicted octanol–water partition coefficient (Wildman–Crippen LogP) is 2.84. The molecule has 2 heterocycles. The molecular formula is C16H24BrN3O4Si. The van der Waals surface area contributed by atoms with E-state index in [2.05, 4.69) is 40.7 Å². The van der Waals surface area contributed by atoms with Gasteiger partial charge in [-0.3, -0.25) is 9.59 Å². The molecule has 0 aliphatic rings. The lowest BCUT2D eigenvalue weighted by Crippen LogP contribution is -2.26. The van der Waals surface area contributed by atoms with Crippen LogP contribution in [0, 0.1) is 0 Å². The van der Waals surface area contributed by atoms with Crippen molar-refractivity contribution in [3.63, 3.8) is 0 Å². The molecule has 0 aromatic carbocycles.